The molecule has 0 saturated carbocycles. The van der Waals surface area contributed by atoms with Crippen LogP contribution in [0.3, 0.4) is 0 Å². The maximum absolute atomic E-state index is 13.8. The molecule has 2 heteroatoms. The zero-order valence-corrected chi connectivity index (χ0v) is 12.7. The second-order valence-electron chi connectivity index (χ2n) is 5.57. The molecule has 0 bridgehead atoms. The molecule has 4 aromatic carbocycles. The van der Waals surface area contributed by atoms with E-state index in [1.54, 1.807) is 19.2 Å². The highest BCUT2D eigenvalue weighted by Crippen LogP contribution is 2.37. The minimum absolute atomic E-state index is 0.232. The average molecular weight is 302 g/mol. The summed E-state index contributed by atoms with van der Waals surface area (Å²) in [6.45, 7) is 0. The van der Waals surface area contributed by atoms with Gasteiger partial charge in [0.05, 0.1) is 7.11 Å². The lowest BCUT2D eigenvalue weighted by atomic mass is 9.93. The first-order valence-electron chi connectivity index (χ1n) is 7.52. The molecule has 4 rings (SSSR count). The number of hydrogen-bond donors (Lipinski definition) is 0. The molecule has 0 fully saturated rings. The summed E-state index contributed by atoms with van der Waals surface area (Å²) in [6.07, 6.45) is 0. The van der Waals surface area contributed by atoms with Crippen LogP contribution in [0.5, 0.6) is 5.75 Å². The van der Waals surface area contributed by atoms with Crippen molar-refractivity contribution in [2.45, 2.75) is 0 Å². The van der Waals surface area contributed by atoms with E-state index >= 15 is 0 Å². The lowest BCUT2D eigenvalue weighted by molar-refractivity contribution is 0.415. The van der Waals surface area contributed by atoms with Gasteiger partial charge in [-0.1, -0.05) is 48.5 Å². The van der Waals surface area contributed by atoms with Crippen molar-refractivity contribution in [3.63, 3.8) is 0 Å². The number of fused-ring (bicyclic) bond motifs is 2. The van der Waals surface area contributed by atoms with Gasteiger partial charge in [-0.25, -0.2) is 4.39 Å². The van der Waals surface area contributed by atoms with Gasteiger partial charge in [-0.3, -0.25) is 0 Å². The number of halogens is 1. The summed E-state index contributed by atoms with van der Waals surface area (Å²) in [5.74, 6) is 0.538. The van der Waals surface area contributed by atoms with Gasteiger partial charge in [0.15, 0.2) is 0 Å². The molecule has 0 atom stereocenters. The van der Waals surface area contributed by atoms with Crippen molar-refractivity contribution in [1.82, 2.24) is 0 Å². The van der Waals surface area contributed by atoms with Crippen LogP contribution in [0.25, 0.3) is 32.7 Å². The van der Waals surface area contributed by atoms with E-state index in [2.05, 4.69) is 24.3 Å². The minimum atomic E-state index is -0.232. The standard InChI is InChI=1S/C21H15FO/c1-23-17-11-15-9-10-16(22)12-20(15)21(13-17)19-8-4-6-14-5-2-3-7-18(14)19/h2-13H,1H3. The van der Waals surface area contributed by atoms with Gasteiger partial charge in [-0.05, 0) is 56.9 Å². The van der Waals surface area contributed by atoms with Gasteiger partial charge in [0.2, 0.25) is 0 Å². The molecule has 0 radical (unpaired) electrons. The zero-order chi connectivity index (χ0) is 15.8. The molecule has 0 aliphatic carbocycles. The quantitative estimate of drug-likeness (QED) is 0.454. The summed E-state index contributed by atoms with van der Waals surface area (Å²) in [5.41, 5.74) is 2.06. The maximum Gasteiger partial charge on any atom is 0.123 e. The molecule has 0 aliphatic heterocycles. The van der Waals surface area contributed by atoms with E-state index in [1.807, 2.05) is 30.3 Å². The molecule has 0 aromatic heterocycles. The first kappa shape index (κ1) is 13.8. The van der Waals surface area contributed by atoms with Crippen LogP contribution in [0.1, 0.15) is 0 Å². The van der Waals surface area contributed by atoms with Crippen LogP contribution in [-0.2, 0) is 0 Å². The van der Waals surface area contributed by atoms with Crippen LogP contribution in [0, 0.1) is 5.82 Å². The SMILES string of the molecule is COc1cc(-c2cccc3ccccc23)c2cc(F)ccc2c1. The fraction of sp³-hybridized carbons (Fsp3) is 0.0476. The van der Waals surface area contributed by atoms with E-state index in [4.69, 9.17) is 4.74 Å². The Hall–Kier alpha value is -2.87. The third kappa shape index (κ3) is 2.33. The number of methoxy groups -OCH3 is 1. The summed E-state index contributed by atoms with van der Waals surface area (Å²) in [4.78, 5) is 0. The number of ether oxygens (including phenoxy) is 1. The molecular formula is C21H15FO. The van der Waals surface area contributed by atoms with Gasteiger partial charge in [0.1, 0.15) is 11.6 Å². The molecule has 23 heavy (non-hydrogen) atoms. The Morgan fingerprint density at radius 1 is 0.696 bits per heavy atom. The highest BCUT2D eigenvalue weighted by molar-refractivity contribution is 6.06. The fourth-order valence-corrected chi connectivity index (χ4v) is 3.10. The lowest BCUT2D eigenvalue weighted by Crippen LogP contribution is -1.89. The van der Waals surface area contributed by atoms with Gasteiger partial charge in [-0.15, -0.1) is 0 Å². The maximum atomic E-state index is 13.8. The smallest absolute Gasteiger partial charge is 0.123 e. The fourth-order valence-electron chi connectivity index (χ4n) is 3.10. The minimum Gasteiger partial charge on any atom is -0.497 e. The largest absolute Gasteiger partial charge is 0.497 e. The van der Waals surface area contributed by atoms with Crippen molar-refractivity contribution in [3.05, 3.63) is 78.6 Å². The third-order valence-electron chi connectivity index (χ3n) is 4.21. The Morgan fingerprint density at radius 2 is 1.52 bits per heavy atom. The van der Waals surface area contributed by atoms with Crippen molar-refractivity contribution < 1.29 is 9.13 Å². The normalized spacial score (nSPS) is 11.0. The molecule has 4 aromatic rings. The van der Waals surface area contributed by atoms with E-state index in [9.17, 15) is 4.39 Å². The van der Waals surface area contributed by atoms with E-state index in [0.29, 0.717) is 0 Å². The highest BCUT2D eigenvalue weighted by atomic mass is 19.1. The van der Waals surface area contributed by atoms with Crippen LogP contribution >= 0.6 is 0 Å². The van der Waals surface area contributed by atoms with Crippen LogP contribution in [-0.4, -0.2) is 7.11 Å². The molecule has 0 amide bonds. The third-order valence-corrected chi connectivity index (χ3v) is 4.21. The average Bonchev–Trinajstić information content (AvgIpc) is 2.60. The second kappa shape index (κ2) is 5.40. The van der Waals surface area contributed by atoms with E-state index in [-0.39, 0.29) is 5.82 Å². The molecule has 0 saturated heterocycles. The molecule has 0 N–H and O–H groups in total. The van der Waals surface area contributed by atoms with Gasteiger partial charge >= 0.3 is 0 Å². The van der Waals surface area contributed by atoms with Gasteiger partial charge < -0.3 is 4.74 Å². The van der Waals surface area contributed by atoms with E-state index in [1.165, 1.54) is 6.07 Å². The lowest BCUT2D eigenvalue weighted by Gasteiger charge is -2.12. The van der Waals surface area contributed by atoms with Crippen LogP contribution < -0.4 is 4.74 Å². The van der Waals surface area contributed by atoms with Crippen LogP contribution in [0.4, 0.5) is 4.39 Å². The Kier molecular flexibility index (Phi) is 3.23. The number of benzene rings is 4. The van der Waals surface area contributed by atoms with Crippen molar-refractivity contribution >= 4 is 21.5 Å². The number of rotatable bonds is 2. The topological polar surface area (TPSA) is 9.23 Å². The van der Waals surface area contributed by atoms with Gasteiger partial charge in [0, 0.05) is 0 Å². The second-order valence-corrected chi connectivity index (χ2v) is 5.57. The molecule has 0 heterocycles. The zero-order valence-electron chi connectivity index (χ0n) is 12.7. The van der Waals surface area contributed by atoms with Crippen molar-refractivity contribution in [1.29, 1.82) is 0 Å². The van der Waals surface area contributed by atoms with Crippen molar-refractivity contribution in [2.75, 3.05) is 7.11 Å². The first-order chi connectivity index (χ1) is 11.3. The monoisotopic (exact) mass is 302 g/mol. The van der Waals surface area contributed by atoms with Crippen LogP contribution in [0.15, 0.2) is 72.8 Å². The van der Waals surface area contributed by atoms with Gasteiger partial charge in [0.25, 0.3) is 0 Å². The summed E-state index contributed by atoms with van der Waals surface area (Å²) in [6, 6.07) is 23.2. The molecule has 112 valence electrons. The molecular weight excluding hydrogens is 287 g/mol. The number of hydrogen-bond acceptors (Lipinski definition) is 1. The van der Waals surface area contributed by atoms with Crippen molar-refractivity contribution in [2.24, 2.45) is 0 Å². The Balaban J connectivity index is 2.13. The van der Waals surface area contributed by atoms with E-state index in [0.717, 1.165) is 38.4 Å². The molecule has 0 aliphatic rings. The summed E-state index contributed by atoms with van der Waals surface area (Å²) in [7, 11) is 1.65. The molecule has 0 spiro atoms. The predicted molar refractivity (Wildman–Crippen MR) is 93.4 cm³/mol. The van der Waals surface area contributed by atoms with Crippen molar-refractivity contribution in [3.8, 4) is 16.9 Å². The summed E-state index contributed by atoms with van der Waals surface area (Å²) in [5, 5.41) is 4.17. The Morgan fingerprint density at radius 3 is 2.39 bits per heavy atom. The Bertz CT molecular complexity index is 1020. The highest BCUT2D eigenvalue weighted by Gasteiger charge is 2.10. The predicted octanol–water partition coefficient (Wildman–Crippen LogP) is 5.81. The molecule has 1 nitrogen and oxygen atoms in total. The summed E-state index contributed by atoms with van der Waals surface area (Å²) < 4.78 is 19.2. The molecule has 0 unspecified atom stereocenters. The van der Waals surface area contributed by atoms with Crippen LogP contribution in [0.2, 0.25) is 0 Å². The first-order valence-corrected chi connectivity index (χ1v) is 7.52. The Labute approximate surface area is 133 Å². The summed E-state index contributed by atoms with van der Waals surface area (Å²) >= 11 is 0. The van der Waals surface area contributed by atoms with Gasteiger partial charge in [-0.2, -0.15) is 0 Å². The van der Waals surface area contributed by atoms with E-state index < -0.39 is 0 Å².